The minimum absolute atomic E-state index is 0.0423. The SMILES string of the molecule is CCC(CC)COc1ccc(CC(C)N)cc1F. The van der Waals surface area contributed by atoms with Gasteiger partial charge in [0.05, 0.1) is 6.61 Å². The Bertz CT molecular complexity index is 362. The predicted molar refractivity (Wildman–Crippen MR) is 73.3 cm³/mol. The van der Waals surface area contributed by atoms with Crippen molar-refractivity contribution >= 4 is 0 Å². The molecular formula is C15H24FNO. The summed E-state index contributed by atoms with van der Waals surface area (Å²) in [5.74, 6) is 0.544. The Morgan fingerprint density at radius 1 is 1.28 bits per heavy atom. The van der Waals surface area contributed by atoms with E-state index in [9.17, 15) is 4.39 Å². The van der Waals surface area contributed by atoms with Crippen LogP contribution in [0.4, 0.5) is 4.39 Å². The molecule has 0 radical (unpaired) electrons. The van der Waals surface area contributed by atoms with Crippen LogP contribution in [0.2, 0.25) is 0 Å². The lowest BCUT2D eigenvalue weighted by Gasteiger charge is -2.15. The van der Waals surface area contributed by atoms with Crippen molar-refractivity contribution in [1.29, 1.82) is 0 Å². The van der Waals surface area contributed by atoms with E-state index in [2.05, 4.69) is 13.8 Å². The van der Waals surface area contributed by atoms with Crippen LogP contribution in [0.5, 0.6) is 5.75 Å². The van der Waals surface area contributed by atoms with E-state index in [0.717, 1.165) is 18.4 Å². The average Bonchev–Trinajstić information content (AvgIpc) is 2.32. The number of hydrogen-bond acceptors (Lipinski definition) is 2. The van der Waals surface area contributed by atoms with Gasteiger partial charge >= 0.3 is 0 Å². The van der Waals surface area contributed by atoms with E-state index in [4.69, 9.17) is 10.5 Å². The van der Waals surface area contributed by atoms with E-state index in [-0.39, 0.29) is 11.9 Å². The molecule has 0 aliphatic carbocycles. The molecule has 0 heterocycles. The number of nitrogens with two attached hydrogens (primary N) is 1. The molecule has 0 spiro atoms. The third kappa shape index (κ3) is 4.65. The number of benzene rings is 1. The maximum Gasteiger partial charge on any atom is 0.165 e. The molecule has 18 heavy (non-hydrogen) atoms. The summed E-state index contributed by atoms with van der Waals surface area (Å²) in [5.41, 5.74) is 6.61. The Labute approximate surface area is 109 Å². The summed E-state index contributed by atoms with van der Waals surface area (Å²) in [4.78, 5) is 0. The van der Waals surface area contributed by atoms with Crippen LogP contribution in [0.25, 0.3) is 0 Å². The maximum atomic E-state index is 13.8. The molecule has 2 N–H and O–H groups in total. The van der Waals surface area contributed by atoms with Crippen LogP contribution < -0.4 is 10.5 Å². The van der Waals surface area contributed by atoms with Gasteiger partial charge in [-0.25, -0.2) is 4.39 Å². The zero-order valence-corrected chi connectivity index (χ0v) is 11.6. The van der Waals surface area contributed by atoms with E-state index in [1.807, 2.05) is 13.0 Å². The van der Waals surface area contributed by atoms with Gasteiger partial charge in [0.2, 0.25) is 0 Å². The van der Waals surface area contributed by atoms with Crippen molar-refractivity contribution in [3.63, 3.8) is 0 Å². The Hall–Kier alpha value is -1.09. The first kappa shape index (κ1) is 15.0. The lowest BCUT2D eigenvalue weighted by atomic mass is 10.1. The lowest BCUT2D eigenvalue weighted by Crippen LogP contribution is -2.18. The third-order valence-electron chi connectivity index (χ3n) is 3.18. The summed E-state index contributed by atoms with van der Waals surface area (Å²) in [5, 5.41) is 0. The maximum absolute atomic E-state index is 13.8. The van der Waals surface area contributed by atoms with Crippen LogP contribution in [0.3, 0.4) is 0 Å². The molecule has 0 aliphatic rings. The highest BCUT2D eigenvalue weighted by Gasteiger charge is 2.09. The van der Waals surface area contributed by atoms with E-state index in [1.54, 1.807) is 6.07 Å². The minimum atomic E-state index is -0.292. The van der Waals surface area contributed by atoms with E-state index in [1.165, 1.54) is 6.07 Å². The molecule has 0 saturated heterocycles. The standard InChI is InChI=1S/C15H24FNO/c1-4-12(5-2)10-18-15-7-6-13(8-11(3)17)9-14(15)16/h6-7,9,11-12H,4-5,8,10,17H2,1-3H3. The van der Waals surface area contributed by atoms with Crippen molar-refractivity contribution in [3.05, 3.63) is 29.6 Å². The Morgan fingerprint density at radius 3 is 2.44 bits per heavy atom. The smallest absolute Gasteiger partial charge is 0.165 e. The first-order valence-electron chi connectivity index (χ1n) is 6.73. The van der Waals surface area contributed by atoms with E-state index in [0.29, 0.717) is 24.7 Å². The molecule has 1 unspecified atom stereocenters. The molecule has 1 rings (SSSR count). The summed E-state index contributed by atoms with van der Waals surface area (Å²) in [6.45, 7) is 6.74. The summed E-state index contributed by atoms with van der Waals surface area (Å²) in [6.07, 6.45) is 2.80. The lowest BCUT2D eigenvalue weighted by molar-refractivity contribution is 0.231. The van der Waals surface area contributed by atoms with Gasteiger partial charge < -0.3 is 10.5 Å². The molecule has 0 aromatic heterocycles. The molecule has 0 bridgehead atoms. The average molecular weight is 253 g/mol. The van der Waals surface area contributed by atoms with Crippen LogP contribution in [-0.4, -0.2) is 12.6 Å². The molecule has 1 aromatic rings. The predicted octanol–water partition coefficient (Wildman–Crippen LogP) is 3.53. The van der Waals surface area contributed by atoms with Crippen LogP contribution >= 0.6 is 0 Å². The van der Waals surface area contributed by atoms with Gasteiger partial charge in [-0.3, -0.25) is 0 Å². The highest BCUT2D eigenvalue weighted by Crippen LogP contribution is 2.20. The van der Waals surface area contributed by atoms with Gasteiger partial charge in [-0.2, -0.15) is 0 Å². The first-order chi connectivity index (χ1) is 8.56. The van der Waals surface area contributed by atoms with Gasteiger partial charge in [-0.1, -0.05) is 32.8 Å². The molecule has 3 heteroatoms. The Morgan fingerprint density at radius 2 is 1.94 bits per heavy atom. The normalized spacial score (nSPS) is 12.8. The summed E-state index contributed by atoms with van der Waals surface area (Å²) in [6, 6.07) is 5.15. The Kier molecular flexibility index (Phi) is 6.13. The van der Waals surface area contributed by atoms with Crippen molar-refractivity contribution < 1.29 is 9.13 Å². The fraction of sp³-hybridized carbons (Fsp3) is 0.600. The van der Waals surface area contributed by atoms with Gasteiger partial charge in [0.25, 0.3) is 0 Å². The zero-order chi connectivity index (χ0) is 13.5. The van der Waals surface area contributed by atoms with Crippen molar-refractivity contribution in [2.45, 2.75) is 46.1 Å². The number of rotatable bonds is 7. The second-order valence-corrected chi connectivity index (χ2v) is 4.94. The molecule has 102 valence electrons. The van der Waals surface area contributed by atoms with Crippen LogP contribution in [0, 0.1) is 11.7 Å². The summed E-state index contributed by atoms with van der Waals surface area (Å²) >= 11 is 0. The second-order valence-electron chi connectivity index (χ2n) is 4.94. The molecule has 0 fully saturated rings. The summed E-state index contributed by atoms with van der Waals surface area (Å²) < 4.78 is 19.3. The van der Waals surface area contributed by atoms with Gasteiger partial charge in [0, 0.05) is 6.04 Å². The molecular weight excluding hydrogens is 229 g/mol. The van der Waals surface area contributed by atoms with Crippen LogP contribution in [0.1, 0.15) is 39.2 Å². The van der Waals surface area contributed by atoms with Gasteiger partial charge in [0.1, 0.15) is 0 Å². The fourth-order valence-electron chi connectivity index (χ4n) is 1.89. The Balaban J connectivity index is 2.62. The highest BCUT2D eigenvalue weighted by atomic mass is 19.1. The topological polar surface area (TPSA) is 35.2 Å². The van der Waals surface area contributed by atoms with E-state index < -0.39 is 0 Å². The van der Waals surface area contributed by atoms with Gasteiger partial charge in [-0.15, -0.1) is 0 Å². The monoisotopic (exact) mass is 253 g/mol. The van der Waals surface area contributed by atoms with Crippen molar-refractivity contribution in [2.75, 3.05) is 6.61 Å². The highest BCUT2D eigenvalue weighted by molar-refractivity contribution is 5.29. The molecule has 0 amide bonds. The summed E-state index contributed by atoms with van der Waals surface area (Å²) in [7, 11) is 0. The largest absolute Gasteiger partial charge is 0.490 e. The van der Waals surface area contributed by atoms with Crippen molar-refractivity contribution in [2.24, 2.45) is 11.7 Å². The molecule has 0 aliphatic heterocycles. The fourth-order valence-corrected chi connectivity index (χ4v) is 1.89. The molecule has 1 atom stereocenters. The van der Waals surface area contributed by atoms with Crippen LogP contribution in [-0.2, 0) is 6.42 Å². The van der Waals surface area contributed by atoms with E-state index >= 15 is 0 Å². The number of hydrogen-bond donors (Lipinski definition) is 1. The first-order valence-corrected chi connectivity index (χ1v) is 6.73. The quantitative estimate of drug-likeness (QED) is 0.806. The molecule has 0 saturated carbocycles. The van der Waals surface area contributed by atoms with Gasteiger partial charge in [0.15, 0.2) is 11.6 Å². The molecule has 2 nitrogen and oxygen atoms in total. The minimum Gasteiger partial charge on any atom is -0.490 e. The van der Waals surface area contributed by atoms with Crippen LogP contribution in [0.15, 0.2) is 18.2 Å². The number of ether oxygens (including phenoxy) is 1. The van der Waals surface area contributed by atoms with Gasteiger partial charge in [-0.05, 0) is 37.0 Å². The molecule has 1 aromatic carbocycles. The second kappa shape index (κ2) is 7.37. The third-order valence-corrected chi connectivity index (χ3v) is 3.18. The number of halogens is 1. The van der Waals surface area contributed by atoms with Crippen molar-refractivity contribution in [1.82, 2.24) is 0 Å². The zero-order valence-electron chi connectivity index (χ0n) is 11.6. The van der Waals surface area contributed by atoms with Crippen molar-refractivity contribution in [3.8, 4) is 5.75 Å².